The van der Waals surface area contributed by atoms with Crippen LogP contribution in [0.2, 0.25) is 0 Å². The molecule has 0 aliphatic heterocycles. The van der Waals surface area contributed by atoms with Gasteiger partial charge in [-0.15, -0.1) is 0 Å². The predicted octanol–water partition coefficient (Wildman–Crippen LogP) is 1.98. The maximum Gasteiger partial charge on any atom is 0.338 e. The van der Waals surface area contributed by atoms with E-state index < -0.39 is 16.0 Å². The highest BCUT2D eigenvalue weighted by molar-refractivity contribution is 7.89. The van der Waals surface area contributed by atoms with E-state index in [0.717, 1.165) is 4.31 Å². The van der Waals surface area contributed by atoms with Crippen molar-refractivity contribution in [3.8, 4) is 0 Å². The quantitative estimate of drug-likeness (QED) is 0.589. The summed E-state index contributed by atoms with van der Waals surface area (Å²) in [5.41, 5.74) is 0.631. The lowest BCUT2D eigenvalue weighted by Crippen LogP contribution is -2.22. The number of hydrogen-bond acceptors (Lipinski definition) is 5. The number of rotatable bonds is 6. The highest BCUT2D eigenvalue weighted by atomic mass is 32.2. The van der Waals surface area contributed by atoms with Crippen molar-refractivity contribution >= 4 is 21.8 Å². The van der Waals surface area contributed by atoms with Crippen LogP contribution in [0.15, 0.2) is 59.5 Å². The van der Waals surface area contributed by atoms with E-state index in [2.05, 4.69) is 0 Å². The molecule has 0 radical (unpaired) electrons. The molecule has 6 nitrogen and oxygen atoms in total. The van der Waals surface area contributed by atoms with Gasteiger partial charge in [-0.2, -0.15) is 0 Å². The lowest BCUT2D eigenvalue weighted by Gasteiger charge is -2.11. The molecule has 126 valence electrons. The zero-order valence-electron chi connectivity index (χ0n) is 13.3. The highest BCUT2D eigenvalue weighted by Crippen LogP contribution is 2.14. The van der Waals surface area contributed by atoms with Crippen LogP contribution in [0.25, 0.3) is 0 Å². The fourth-order valence-corrected chi connectivity index (χ4v) is 2.80. The molecule has 0 unspecified atom stereocenters. The van der Waals surface area contributed by atoms with E-state index in [-0.39, 0.29) is 22.8 Å². The van der Waals surface area contributed by atoms with E-state index in [1.165, 1.54) is 38.4 Å². The van der Waals surface area contributed by atoms with Gasteiger partial charge in [-0.1, -0.05) is 30.3 Å². The Hall–Kier alpha value is -2.51. The van der Waals surface area contributed by atoms with Gasteiger partial charge in [-0.25, -0.2) is 17.5 Å². The van der Waals surface area contributed by atoms with E-state index in [0.29, 0.717) is 5.56 Å². The minimum Gasteiger partial charge on any atom is -0.454 e. The summed E-state index contributed by atoms with van der Waals surface area (Å²) in [7, 11) is -0.707. The van der Waals surface area contributed by atoms with Gasteiger partial charge >= 0.3 is 5.97 Å². The summed E-state index contributed by atoms with van der Waals surface area (Å²) in [6.07, 6.45) is 0. The number of ketones is 1. The highest BCUT2D eigenvalue weighted by Gasteiger charge is 2.18. The van der Waals surface area contributed by atoms with Crippen LogP contribution < -0.4 is 0 Å². The second-order valence-electron chi connectivity index (χ2n) is 5.18. The normalized spacial score (nSPS) is 11.3. The Labute approximate surface area is 140 Å². The van der Waals surface area contributed by atoms with E-state index in [1.807, 2.05) is 0 Å². The Bertz CT molecular complexity index is 827. The zero-order valence-corrected chi connectivity index (χ0v) is 14.1. The number of Topliss-reactive ketones (excluding diaryl/α,β-unsaturated/α-hetero) is 1. The average Bonchev–Trinajstić information content (AvgIpc) is 2.60. The number of benzene rings is 2. The summed E-state index contributed by atoms with van der Waals surface area (Å²) in [6, 6.07) is 13.9. The van der Waals surface area contributed by atoms with Crippen molar-refractivity contribution in [2.45, 2.75) is 4.90 Å². The third-order valence-corrected chi connectivity index (χ3v) is 5.13. The van der Waals surface area contributed by atoms with Gasteiger partial charge < -0.3 is 4.74 Å². The molecule has 0 aliphatic carbocycles. The number of carbonyl (C=O) groups excluding carboxylic acids is 2. The molecule has 0 heterocycles. The Morgan fingerprint density at radius 2 is 1.50 bits per heavy atom. The van der Waals surface area contributed by atoms with Crippen molar-refractivity contribution in [1.29, 1.82) is 0 Å². The largest absolute Gasteiger partial charge is 0.454 e. The van der Waals surface area contributed by atoms with E-state index >= 15 is 0 Å². The fourth-order valence-electron chi connectivity index (χ4n) is 1.90. The SMILES string of the molecule is CN(C)S(=O)(=O)c1ccc(C(=O)OCC(=O)c2ccccc2)cc1. The molecule has 0 N–H and O–H groups in total. The number of nitrogens with zero attached hydrogens (tertiary/aromatic N) is 1. The molecular formula is C17H17NO5S. The van der Waals surface area contributed by atoms with E-state index in [4.69, 9.17) is 4.74 Å². The van der Waals surface area contributed by atoms with Crippen LogP contribution >= 0.6 is 0 Å². The smallest absolute Gasteiger partial charge is 0.338 e. The number of ether oxygens (including phenoxy) is 1. The molecular weight excluding hydrogens is 330 g/mol. The molecule has 0 fully saturated rings. The Morgan fingerprint density at radius 1 is 0.917 bits per heavy atom. The molecule has 0 saturated carbocycles. The summed E-state index contributed by atoms with van der Waals surface area (Å²) < 4.78 is 30.0. The lowest BCUT2D eigenvalue weighted by molar-refractivity contribution is 0.0474. The molecule has 0 spiro atoms. The second kappa shape index (κ2) is 7.37. The number of esters is 1. The molecule has 2 rings (SSSR count). The van der Waals surface area contributed by atoms with Gasteiger partial charge in [-0.3, -0.25) is 4.79 Å². The molecule has 7 heteroatoms. The fraction of sp³-hybridized carbons (Fsp3) is 0.176. The predicted molar refractivity (Wildman–Crippen MR) is 88.4 cm³/mol. The first-order valence-electron chi connectivity index (χ1n) is 7.10. The first kappa shape index (κ1) is 17.8. The van der Waals surface area contributed by atoms with Crippen molar-refractivity contribution < 1.29 is 22.7 Å². The van der Waals surface area contributed by atoms with Gasteiger partial charge in [0.15, 0.2) is 12.4 Å². The third-order valence-electron chi connectivity index (χ3n) is 3.30. The van der Waals surface area contributed by atoms with Gasteiger partial charge in [0.2, 0.25) is 10.0 Å². The van der Waals surface area contributed by atoms with Gasteiger partial charge in [0, 0.05) is 19.7 Å². The van der Waals surface area contributed by atoms with E-state index in [1.54, 1.807) is 30.3 Å². The van der Waals surface area contributed by atoms with Crippen LogP contribution in [0.4, 0.5) is 0 Å². The zero-order chi connectivity index (χ0) is 17.7. The average molecular weight is 347 g/mol. The molecule has 0 saturated heterocycles. The maximum atomic E-state index is 12.0. The first-order chi connectivity index (χ1) is 11.3. The minimum absolute atomic E-state index is 0.0735. The van der Waals surface area contributed by atoms with Gasteiger partial charge in [0.05, 0.1) is 10.5 Å². The van der Waals surface area contributed by atoms with Crippen LogP contribution in [0.5, 0.6) is 0 Å². The molecule has 24 heavy (non-hydrogen) atoms. The summed E-state index contributed by atoms with van der Waals surface area (Å²) in [5.74, 6) is -0.996. The first-order valence-corrected chi connectivity index (χ1v) is 8.54. The molecule has 0 amide bonds. The molecule has 2 aromatic carbocycles. The third kappa shape index (κ3) is 4.06. The molecule has 2 aromatic rings. The van der Waals surface area contributed by atoms with Crippen LogP contribution in [-0.4, -0.2) is 45.2 Å². The van der Waals surface area contributed by atoms with Crippen LogP contribution in [0, 0.1) is 0 Å². The number of carbonyl (C=O) groups is 2. The standard InChI is InChI=1S/C17H17NO5S/c1-18(2)24(21,22)15-10-8-14(9-11-15)17(20)23-12-16(19)13-6-4-3-5-7-13/h3-11H,12H2,1-2H3. The van der Waals surface area contributed by atoms with Crippen LogP contribution in [0.3, 0.4) is 0 Å². The van der Waals surface area contributed by atoms with Gasteiger partial charge in [0.1, 0.15) is 0 Å². The van der Waals surface area contributed by atoms with Crippen molar-refractivity contribution in [3.63, 3.8) is 0 Å². The summed E-state index contributed by atoms with van der Waals surface area (Å²) in [4.78, 5) is 23.9. The summed E-state index contributed by atoms with van der Waals surface area (Å²) in [5, 5.41) is 0. The van der Waals surface area contributed by atoms with Crippen molar-refractivity contribution in [3.05, 3.63) is 65.7 Å². The topological polar surface area (TPSA) is 80.8 Å². The number of hydrogen-bond donors (Lipinski definition) is 0. The molecule has 0 aromatic heterocycles. The van der Waals surface area contributed by atoms with Crippen molar-refractivity contribution in [1.82, 2.24) is 4.31 Å². The van der Waals surface area contributed by atoms with Crippen molar-refractivity contribution in [2.75, 3.05) is 20.7 Å². The maximum absolute atomic E-state index is 12.0. The Morgan fingerprint density at radius 3 is 2.04 bits per heavy atom. The van der Waals surface area contributed by atoms with Gasteiger partial charge in [0.25, 0.3) is 0 Å². The van der Waals surface area contributed by atoms with E-state index in [9.17, 15) is 18.0 Å². The van der Waals surface area contributed by atoms with Crippen molar-refractivity contribution in [2.24, 2.45) is 0 Å². The summed E-state index contributed by atoms with van der Waals surface area (Å²) in [6.45, 7) is -0.374. The monoisotopic (exact) mass is 347 g/mol. The minimum atomic E-state index is -3.55. The van der Waals surface area contributed by atoms with Crippen LogP contribution in [0.1, 0.15) is 20.7 Å². The lowest BCUT2D eigenvalue weighted by atomic mass is 10.1. The molecule has 0 bridgehead atoms. The summed E-state index contributed by atoms with van der Waals surface area (Å²) >= 11 is 0. The van der Waals surface area contributed by atoms with Gasteiger partial charge in [-0.05, 0) is 24.3 Å². The Kier molecular flexibility index (Phi) is 5.48. The second-order valence-corrected chi connectivity index (χ2v) is 7.33. The molecule has 0 aliphatic rings. The molecule has 0 atom stereocenters. The number of sulfonamides is 1. The van der Waals surface area contributed by atoms with Crippen LogP contribution in [-0.2, 0) is 14.8 Å². The Balaban J connectivity index is 2.02.